The summed E-state index contributed by atoms with van der Waals surface area (Å²) < 4.78 is 0. The van der Waals surface area contributed by atoms with Crippen LogP contribution in [-0.2, 0) is 6.42 Å². The van der Waals surface area contributed by atoms with Gasteiger partial charge in [-0.05, 0) is 50.7 Å². The van der Waals surface area contributed by atoms with Crippen LogP contribution in [0, 0.1) is 0 Å². The van der Waals surface area contributed by atoms with Gasteiger partial charge in [-0.1, -0.05) is 24.3 Å². The molecule has 0 radical (unpaired) electrons. The van der Waals surface area contributed by atoms with Crippen LogP contribution in [0.2, 0.25) is 0 Å². The van der Waals surface area contributed by atoms with Gasteiger partial charge in [-0.2, -0.15) is 0 Å². The molecule has 0 saturated carbocycles. The molecule has 1 aliphatic heterocycles. The van der Waals surface area contributed by atoms with Gasteiger partial charge in [0.1, 0.15) is 0 Å². The van der Waals surface area contributed by atoms with Crippen LogP contribution in [0.5, 0.6) is 0 Å². The third-order valence-electron chi connectivity index (χ3n) is 4.76. The zero-order chi connectivity index (χ0) is 15.0. The van der Waals surface area contributed by atoms with Crippen LogP contribution in [0.1, 0.15) is 50.3 Å². The number of carbonyl (C=O) groups excluding carboxylic acids is 1. The maximum atomic E-state index is 12.6. The highest BCUT2D eigenvalue weighted by molar-refractivity contribution is 5.75. The molecular formula is C17H24N2O2. The molecule has 0 unspecified atom stereocenters. The van der Waals surface area contributed by atoms with Crippen LogP contribution in [0.25, 0.3) is 0 Å². The van der Waals surface area contributed by atoms with E-state index in [0.29, 0.717) is 0 Å². The van der Waals surface area contributed by atoms with Gasteiger partial charge < -0.3 is 15.3 Å². The van der Waals surface area contributed by atoms with Crippen molar-refractivity contribution in [2.45, 2.75) is 57.2 Å². The minimum atomic E-state index is -0.846. The van der Waals surface area contributed by atoms with Crippen LogP contribution in [0.4, 0.5) is 4.79 Å². The Morgan fingerprint density at radius 3 is 2.86 bits per heavy atom. The van der Waals surface area contributed by atoms with Crippen molar-refractivity contribution in [2.75, 3.05) is 6.54 Å². The van der Waals surface area contributed by atoms with Crippen LogP contribution >= 0.6 is 0 Å². The quantitative estimate of drug-likeness (QED) is 0.879. The van der Waals surface area contributed by atoms with Crippen molar-refractivity contribution in [2.24, 2.45) is 0 Å². The molecule has 0 spiro atoms. The number of urea groups is 1. The highest BCUT2D eigenvalue weighted by Gasteiger charge is 2.39. The lowest BCUT2D eigenvalue weighted by molar-refractivity contribution is 0.00945. The maximum absolute atomic E-state index is 12.6. The highest BCUT2D eigenvalue weighted by Crippen LogP contribution is 2.32. The number of nitrogens with zero attached hydrogens (tertiary/aromatic N) is 1. The number of hydrogen-bond donors (Lipinski definition) is 2. The Morgan fingerprint density at radius 1 is 1.33 bits per heavy atom. The van der Waals surface area contributed by atoms with Gasteiger partial charge in [-0.3, -0.25) is 0 Å². The number of carbonyl (C=O) groups is 1. The Kier molecular flexibility index (Phi) is 3.66. The number of fused-ring (bicyclic) bond motifs is 1. The van der Waals surface area contributed by atoms with E-state index in [-0.39, 0.29) is 18.1 Å². The average Bonchev–Trinajstić information content (AvgIpc) is 3.05. The molecule has 21 heavy (non-hydrogen) atoms. The second-order valence-electron chi connectivity index (χ2n) is 6.74. The highest BCUT2D eigenvalue weighted by atomic mass is 16.3. The average molecular weight is 288 g/mol. The molecule has 1 aromatic rings. The molecule has 114 valence electrons. The van der Waals surface area contributed by atoms with E-state index in [1.807, 2.05) is 12.1 Å². The monoisotopic (exact) mass is 288 g/mol. The SMILES string of the molecule is CC(C)(O)[C@@H]1CCCN1C(=O)N[C@H]1CCc2ccccc21. The fraction of sp³-hybridized carbons (Fsp3) is 0.588. The summed E-state index contributed by atoms with van der Waals surface area (Å²) in [6, 6.07) is 8.29. The van der Waals surface area contributed by atoms with Crippen molar-refractivity contribution in [3.05, 3.63) is 35.4 Å². The number of likely N-dealkylation sites (tertiary alicyclic amines) is 1. The smallest absolute Gasteiger partial charge is 0.318 e. The van der Waals surface area contributed by atoms with Crippen molar-refractivity contribution in [1.82, 2.24) is 10.2 Å². The van der Waals surface area contributed by atoms with Crippen molar-refractivity contribution < 1.29 is 9.90 Å². The third kappa shape index (κ3) is 2.77. The molecule has 4 heteroatoms. The van der Waals surface area contributed by atoms with E-state index >= 15 is 0 Å². The molecule has 1 saturated heterocycles. The topological polar surface area (TPSA) is 52.6 Å². The molecule has 1 aliphatic carbocycles. The van der Waals surface area contributed by atoms with Gasteiger partial charge in [0.05, 0.1) is 17.7 Å². The first-order valence-corrected chi connectivity index (χ1v) is 7.84. The van der Waals surface area contributed by atoms with Crippen LogP contribution in [0.15, 0.2) is 24.3 Å². The van der Waals surface area contributed by atoms with Crippen molar-refractivity contribution >= 4 is 6.03 Å². The van der Waals surface area contributed by atoms with E-state index in [1.165, 1.54) is 11.1 Å². The molecule has 0 bridgehead atoms. The van der Waals surface area contributed by atoms with Crippen LogP contribution in [0.3, 0.4) is 0 Å². The summed E-state index contributed by atoms with van der Waals surface area (Å²) in [7, 11) is 0. The molecule has 0 aromatic heterocycles. The number of amides is 2. The molecule has 4 nitrogen and oxygen atoms in total. The Labute approximate surface area is 126 Å². The fourth-order valence-electron chi connectivity index (χ4n) is 3.68. The van der Waals surface area contributed by atoms with Gasteiger partial charge in [-0.15, -0.1) is 0 Å². The maximum Gasteiger partial charge on any atom is 0.318 e. The van der Waals surface area contributed by atoms with Gasteiger partial charge >= 0.3 is 6.03 Å². The van der Waals surface area contributed by atoms with Crippen molar-refractivity contribution in [1.29, 1.82) is 0 Å². The first-order valence-electron chi connectivity index (χ1n) is 7.84. The minimum absolute atomic E-state index is 0.0404. The summed E-state index contributed by atoms with van der Waals surface area (Å²) >= 11 is 0. The Bertz CT molecular complexity index is 536. The summed E-state index contributed by atoms with van der Waals surface area (Å²) in [4.78, 5) is 14.4. The number of aliphatic hydroxyl groups is 1. The minimum Gasteiger partial charge on any atom is -0.388 e. The lowest BCUT2D eigenvalue weighted by atomic mass is 9.97. The zero-order valence-electron chi connectivity index (χ0n) is 12.8. The number of hydrogen-bond acceptors (Lipinski definition) is 2. The normalized spacial score (nSPS) is 25.0. The Morgan fingerprint density at radius 2 is 2.10 bits per heavy atom. The van der Waals surface area contributed by atoms with Crippen molar-refractivity contribution in [3.8, 4) is 0 Å². The van der Waals surface area contributed by atoms with Gasteiger partial charge in [-0.25, -0.2) is 4.79 Å². The van der Waals surface area contributed by atoms with Gasteiger partial charge in [0.15, 0.2) is 0 Å². The molecule has 2 amide bonds. The van der Waals surface area contributed by atoms with Gasteiger partial charge in [0.2, 0.25) is 0 Å². The Hall–Kier alpha value is -1.55. The molecular weight excluding hydrogens is 264 g/mol. The standard InChI is InChI=1S/C17H24N2O2/c1-17(2,21)15-8-5-11-19(15)16(20)18-14-10-9-12-6-3-4-7-13(12)14/h3-4,6-7,14-15,21H,5,8-11H2,1-2H3,(H,18,20)/t14-,15-/m0/s1. The third-order valence-corrected chi connectivity index (χ3v) is 4.76. The fourth-order valence-corrected chi connectivity index (χ4v) is 3.68. The lowest BCUT2D eigenvalue weighted by Crippen LogP contribution is -2.51. The van der Waals surface area contributed by atoms with Crippen LogP contribution in [-0.4, -0.2) is 34.2 Å². The zero-order valence-corrected chi connectivity index (χ0v) is 12.8. The first-order chi connectivity index (χ1) is 9.97. The van der Waals surface area contributed by atoms with E-state index in [0.717, 1.165) is 32.2 Å². The summed E-state index contributed by atoms with van der Waals surface area (Å²) in [5, 5.41) is 13.4. The lowest BCUT2D eigenvalue weighted by Gasteiger charge is -2.34. The van der Waals surface area contributed by atoms with Crippen molar-refractivity contribution in [3.63, 3.8) is 0 Å². The van der Waals surface area contributed by atoms with Gasteiger partial charge in [0.25, 0.3) is 0 Å². The summed E-state index contributed by atoms with van der Waals surface area (Å²) in [5.41, 5.74) is 1.73. The molecule has 2 N–H and O–H groups in total. The molecule has 1 fully saturated rings. The predicted octanol–water partition coefficient (Wildman–Crippen LogP) is 2.62. The second-order valence-corrected chi connectivity index (χ2v) is 6.74. The number of aryl methyl sites for hydroxylation is 1. The van der Waals surface area contributed by atoms with Gasteiger partial charge in [0, 0.05) is 6.54 Å². The summed E-state index contributed by atoms with van der Waals surface area (Å²) in [6.07, 6.45) is 3.82. The molecule has 1 heterocycles. The Balaban J connectivity index is 1.70. The van der Waals surface area contributed by atoms with E-state index < -0.39 is 5.60 Å². The summed E-state index contributed by atoms with van der Waals surface area (Å²) in [6.45, 7) is 4.30. The van der Waals surface area contributed by atoms with E-state index in [1.54, 1.807) is 18.7 Å². The van der Waals surface area contributed by atoms with E-state index in [9.17, 15) is 9.90 Å². The predicted molar refractivity (Wildman–Crippen MR) is 82.1 cm³/mol. The number of nitrogens with one attached hydrogen (secondary N) is 1. The summed E-state index contributed by atoms with van der Waals surface area (Å²) in [5.74, 6) is 0. The van der Waals surface area contributed by atoms with E-state index in [2.05, 4.69) is 17.4 Å². The largest absolute Gasteiger partial charge is 0.388 e. The molecule has 2 aliphatic rings. The van der Waals surface area contributed by atoms with E-state index in [4.69, 9.17) is 0 Å². The number of rotatable bonds is 2. The second kappa shape index (κ2) is 5.34. The molecule has 1 aromatic carbocycles. The first kappa shape index (κ1) is 14.4. The van der Waals surface area contributed by atoms with Crippen LogP contribution < -0.4 is 5.32 Å². The molecule has 2 atom stereocenters. The molecule has 3 rings (SSSR count). The number of benzene rings is 1.